The van der Waals surface area contributed by atoms with E-state index in [0.717, 1.165) is 57.2 Å². The molecule has 1 heterocycles. The van der Waals surface area contributed by atoms with Gasteiger partial charge in [0.15, 0.2) is 0 Å². The normalized spacial score (nSPS) is 23.4. The maximum absolute atomic E-state index is 12.0. The van der Waals surface area contributed by atoms with Crippen molar-refractivity contribution in [1.82, 2.24) is 20.3 Å². The van der Waals surface area contributed by atoms with Crippen molar-refractivity contribution < 1.29 is 14.3 Å². The minimum atomic E-state index is -0.279. The number of fused-ring (bicyclic) bond motifs is 2. The zero-order chi connectivity index (χ0) is 20.1. The van der Waals surface area contributed by atoms with E-state index < -0.39 is 0 Å². The molecule has 1 saturated carbocycles. The quantitative estimate of drug-likeness (QED) is 0.699. The highest BCUT2D eigenvalue weighted by Gasteiger charge is 2.50. The molecule has 3 rings (SSSR count). The van der Waals surface area contributed by atoms with E-state index in [2.05, 4.69) is 29.5 Å². The molecule has 0 aliphatic heterocycles. The molecule has 156 valence electrons. The molecule has 2 aliphatic carbocycles. The molecule has 1 aromatic rings. The van der Waals surface area contributed by atoms with E-state index in [9.17, 15) is 9.59 Å². The van der Waals surface area contributed by atoms with Gasteiger partial charge in [0.2, 0.25) is 0 Å². The fourth-order valence-corrected chi connectivity index (χ4v) is 4.60. The maximum Gasteiger partial charge on any atom is 0.407 e. The van der Waals surface area contributed by atoms with E-state index in [4.69, 9.17) is 4.74 Å². The summed E-state index contributed by atoms with van der Waals surface area (Å²) in [5.41, 5.74) is 2.35. The molecule has 1 aromatic heterocycles. The molecular formula is C21H34N4O3. The zero-order valence-electron chi connectivity index (χ0n) is 17.4. The Kier molecular flexibility index (Phi) is 7.08. The lowest BCUT2D eigenvalue weighted by molar-refractivity contribution is -0.117. The predicted octanol–water partition coefficient (Wildman–Crippen LogP) is 3.30. The Morgan fingerprint density at radius 3 is 2.61 bits per heavy atom. The molecule has 28 heavy (non-hydrogen) atoms. The van der Waals surface area contributed by atoms with E-state index in [-0.39, 0.29) is 17.9 Å². The number of nitrogens with zero attached hydrogens (tertiary/aromatic N) is 3. The van der Waals surface area contributed by atoms with Gasteiger partial charge >= 0.3 is 6.09 Å². The number of nitrogens with one attached hydrogen (secondary N) is 1. The molecule has 0 saturated heterocycles. The lowest BCUT2D eigenvalue weighted by Gasteiger charge is -2.14. The van der Waals surface area contributed by atoms with Crippen LogP contribution in [0, 0.1) is 17.8 Å². The van der Waals surface area contributed by atoms with Crippen molar-refractivity contribution in [3.63, 3.8) is 0 Å². The summed E-state index contributed by atoms with van der Waals surface area (Å²) in [5, 5.41) is 11.7. The summed E-state index contributed by atoms with van der Waals surface area (Å²) >= 11 is 0. The molecule has 0 spiro atoms. The molecule has 1 N–H and O–H groups in total. The van der Waals surface area contributed by atoms with Gasteiger partial charge in [-0.2, -0.15) is 0 Å². The van der Waals surface area contributed by atoms with E-state index in [0.29, 0.717) is 30.8 Å². The first-order valence-corrected chi connectivity index (χ1v) is 10.9. The zero-order valence-corrected chi connectivity index (χ0v) is 17.4. The van der Waals surface area contributed by atoms with Crippen molar-refractivity contribution in [2.45, 2.75) is 84.7 Å². The molecule has 1 fully saturated rings. The second-order valence-electron chi connectivity index (χ2n) is 8.34. The fourth-order valence-electron chi connectivity index (χ4n) is 4.60. The van der Waals surface area contributed by atoms with E-state index in [1.165, 1.54) is 5.69 Å². The monoisotopic (exact) mass is 390 g/mol. The third kappa shape index (κ3) is 5.11. The maximum atomic E-state index is 12.0. The van der Waals surface area contributed by atoms with Crippen LogP contribution in [0.5, 0.6) is 0 Å². The number of carbonyl (C=O) groups is 2. The topological polar surface area (TPSA) is 86.1 Å². The summed E-state index contributed by atoms with van der Waals surface area (Å²) in [5.74, 6) is 1.97. The molecule has 7 nitrogen and oxygen atoms in total. The van der Waals surface area contributed by atoms with Crippen LogP contribution in [0.2, 0.25) is 0 Å². The summed E-state index contributed by atoms with van der Waals surface area (Å²) in [4.78, 5) is 23.2. The number of alkyl carbamates (subject to hydrolysis) is 1. The Bertz CT molecular complexity index is 683. The molecule has 1 amide bonds. The number of rotatable bonds is 9. The minimum Gasteiger partial charge on any atom is -0.449 e. The van der Waals surface area contributed by atoms with Gasteiger partial charge in [0, 0.05) is 19.0 Å². The highest BCUT2D eigenvalue weighted by Crippen LogP contribution is 2.52. The second-order valence-corrected chi connectivity index (χ2v) is 8.34. The first-order chi connectivity index (χ1) is 13.5. The fraction of sp³-hybridized carbons (Fsp3) is 0.810. The van der Waals surface area contributed by atoms with E-state index in [1.54, 1.807) is 6.92 Å². The van der Waals surface area contributed by atoms with Crippen molar-refractivity contribution in [2.75, 3.05) is 6.61 Å². The Labute approximate surface area is 167 Å². The van der Waals surface area contributed by atoms with Crippen molar-refractivity contribution in [3.05, 3.63) is 11.4 Å². The van der Waals surface area contributed by atoms with Crippen LogP contribution in [0.1, 0.15) is 70.7 Å². The lowest BCUT2D eigenvalue weighted by atomic mass is 10.0. The average molecular weight is 391 g/mol. The smallest absolute Gasteiger partial charge is 0.407 e. The van der Waals surface area contributed by atoms with Crippen molar-refractivity contribution in [1.29, 1.82) is 0 Å². The van der Waals surface area contributed by atoms with Gasteiger partial charge < -0.3 is 14.8 Å². The number of hydrogen-bond donors (Lipinski definition) is 1. The van der Waals surface area contributed by atoms with Crippen molar-refractivity contribution >= 4 is 11.9 Å². The first kappa shape index (κ1) is 20.8. The highest BCUT2D eigenvalue weighted by molar-refractivity contribution is 5.75. The number of amides is 1. The molecule has 7 heteroatoms. The first-order valence-electron chi connectivity index (χ1n) is 10.9. The van der Waals surface area contributed by atoms with Crippen LogP contribution in [-0.2, 0) is 28.9 Å². The number of carbonyl (C=O) groups excluding carboxylic acids is 2. The predicted molar refractivity (Wildman–Crippen MR) is 106 cm³/mol. The molecule has 2 aliphatic rings. The number of hydrogen-bond acceptors (Lipinski definition) is 5. The summed E-state index contributed by atoms with van der Waals surface area (Å²) in [6, 6.07) is 0.201. The van der Waals surface area contributed by atoms with Crippen LogP contribution in [-0.4, -0.2) is 39.5 Å². The van der Waals surface area contributed by atoms with Gasteiger partial charge in [-0.15, -0.1) is 5.10 Å². The summed E-state index contributed by atoms with van der Waals surface area (Å²) in [6.07, 6.45) is 7.09. The number of ketones is 1. The van der Waals surface area contributed by atoms with Crippen LogP contribution in [0.4, 0.5) is 4.79 Å². The molecule has 3 atom stereocenters. The number of ether oxygens (including phenoxy) is 1. The number of aryl methyl sites for hydroxylation is 2. The molecular weight excluding hydrogens is 356 g/mol. The SMILES string of the molecule is CCC(CC)NC(=O)OC[C@@H]1[C@@H]2CCc3c(nnn3CCCC(C)=O)CC[C@@H]21. The van der Waals surface area contributed by atoms with Crippen LogP contribution in [0.3, 0.4) is 0 Å². The van der Waals surface area contributed by atoms with Gasteiger partial charge in [-0.25, -0.2) is 9.48 Å². The van der Waals surface area contributed by atoms with E-state index >= 15 is 0 Å². The molecule has 0 bridgehead atoms. The molecule has 0 unspecified atom stereocenters. The molecule has 0 radical (unpaired) electrons. The third-order valence-corrected chi connectivity index (χ3v) is 6.47. The van der Waals surface area contributed by atoms with Gasteiger partial charge in [-0.05, 0) is 69.6 Å². The minimum absolute atomic E-state index is 0.201. The summed E-state index contributed by atoms with van der Waals surface area (Å²) in [7, 11) is 0. The van der Waals surface area contributed by atoms with E-state index in [1.807, 2.05) is 4.68 Å². The van der Waals surface area contributed by atoms with Crippen molar-refractivity contribution in [2.24, 2.45) is 17.8 Å². The second kappa shape index (κ2) is 9.52. The Hall–Kier alpha value is -1.92. The van der Waals surface area contributed by atoms with Crippen LogP contribution >= 0.6 is 0 Å². The average Bonchev–Trinajstić information content (AvgIpc) is 3.17. The van der Waals surface area contributed by atoms with Gasteiger partial charge in [0.25, 0.3) is 0 Å². The van der Waals surface area contributed by atoms with Gasteiger partial charge in [0.1, 0.15) is 5.78 Å². The largest absolute Gasteiger partial charge is 0.449 e. The number of Topliss-reactive ketones (excluding diaryl/α,β-unsaturated/α-hetero) is 1. The van der Waals surface area contributed by atoms with Crippen LogP contribution in [0.15, 0.2) is 0 Å². The van der Waals surface area contributed by atoms with Gasteiger partial charge in [-0.3, -0.25) is 0 Å². The summed E-state index contributed by atoms with van der Waals surface area (Å²) < 4.78 is 7.51. The highest BCUT2D eigenvalue weighted by atomic mass is 16.5. The Morgan fingerprint density at radius 2 is 1.93 bits per heavy atom. The lowest BCUT2D eigenvalue weighted by Crippen LogP contribution is -2.34. The summed E-state index contributed by atoms with van der Waals surface area (Å²) in [6.45, 7) is 7.06. The molecule has 0 aromatic carbocycles. The standard InChI is InChI=1S/C21H34N4O3/c1-4-15(5-2)22-21(27)28-13-18-16-8-10-19-20(11-9-17(16)18)25(24-23-19)12-6-7-14(3)26/h15-18H,4-13H2,1-3H3,(H,22,27)/t16-,17+,18-/m0/s1. The van der Waals surface area contributed by atoms with Gasteiger partial charge in [-0.1, -0.05) is 19.1 Å². The van der Waals surface area contributed by atoms with Crippen LogP contribution < -0.4 is 5.32 Å². The Morgan fingerprint density at radius 1 is 1.21 bits per heavy atom. The van der Waals surface area contributed by atoms with Crippen LogP contribution in [0.25, 0.3) is 0 Å². The third-order valence-electron chi connectivity index (χ3n) is 6.47. The van der Waals surface area contributed by atoms with Gasteiger partial charge in [0.05, 0.1) is 18.0 Å². The Balaban J connectivity index is 1.47. The number of aromatic nitrogens is 3. The van der Waals surface area contributed by atoms with Crippen molar-refractivity contribution in [3.8, 4) is 0 Å².